The molecule has 1 fully saturated rings. The highest BCUT2D eigenvalue weighted by atomic mass is 79.9. The molecule has 25 heavy (non-hydrogen) atoms. The van der Waals surface area contributed by atoms with E-state index in [1.165, 1.54) is 6.07 Å². The van der Waals surface area contributed by atoms with E-state index in [4.69, 9.17) is 9.47 Å². The van der Waals surface area contributed by atoms with Crippen molar-refractivity contribution in [3.8, 4) is 0 Å². The summed E-state index contributed by atoms with van der Waals surface area (Å²) in [4.78, 5) is 36.3. The fourth-order valence-electron chi connectivity index (χ4n) is 2.38. The van der Waals surface area contributed by atoms with Crippen molar-refractivity contribution in [1.82, 2.24) is 0 Å². The van der Waals surface area contributed by atoms with Gasteiger partial charge in [0.15, 0.2) is 0 Å². The third kappa shape index (κ3) is 3.88. The lowest BCUT2D eigenvalue weighted by atomic mass is 10.1. The molecule has 0 saturated carbocycles. The van der Waals surface area contributed by atoms with Crippen LogP contribution in [0.25, 0.3) is 0 Å². The standard InChI is InChI=1S/C18H14BrNO5/c19-13-7-3-1-5-11(13)16(21)20-14-8-4-2-6-12(14)17(22)25-15-9-10-24-18(15)23/h1-8,15H,9-10H2,(H,20,21)/t15-/m0/s1. The number of anilines is 1. The zero-order valence-corrected chi connectivity index (χ0v) is 14.6. The first-order valence-electron chi connectivity index (χ1n) is 7.59. The fraction of sp³-hybridized carbons (Fsp3) is 0.167. The summed E-state index contributed by atoms with van der Waals surface area (Å²) in [6.07, 6.45) is -0.574. The third-order valence-corrected chi connectivity index (χ3v) is 4.34. The highest BCUT2D eigenvalue weighted by Crippen LogP contribution is 2.22. The van der Waals surface area contributed by atoms with Crippen LogP contribution in [-0.4, -0.2) is 30.6 Å². The number of hydrogen-bond donors (Lipinski definition) is 1. The predicted octanol–water partition coefficient (Wildman–Crippen LogP) is 3.17. The second kappa shape index (κ2) is 7.48. The molecule has 1 saturated heterocycles. The molecule has 1 amide bonds. The number of hydrogen-bond acceptors (Lipinski definition) is 5. The van der Waals surface area contributed by atoms with Gasteiger partial charge in [-0.1, -0.05) is 24.3 Å². The Labute approximate surface area is 152 Å². The molecule has 0 spiro atoms. The van der Waals surface area contributed by atoms with Crippen molar-refractivity contribution in [3.05, 3.63) is 64.1 Å². The summed E-state index contributed by atoms with van der Waals surface area (Å²) >= 11 is 3.32. The zero-order valence-electron chi connectivity index (χ0n) is 13.0. The number of amides is 1. The van der Waals surface area contributed by atoms with E-state index < -0.39 is 18.0 Å². The van der Waals surface area contributed by atoms with Gasteiger partial charge in [-0.3, -0.25) is 4.79 Å². The van der Waals surface area contributed by atoms with E-state index in [0.29, 0.717) is 22.1 Å². The van der Waals surface area contributed by atoms with Gasteiger partial charge in [-0.15, -0.1) is 0 Å². The largest absolute Gasteiger partial charge is 0.463 e. The van der Waals surface area contributed by atoms with Crippen LogP contribution in [0.4, 0.5) is 5.69 Å². The van der Waals surface area contributed by atoms with Crippen LogP contribution in [0.2, 0.25) is 0 Å². The normalized spacial score (nSPS) is 16.2. The molecule has 0 aliphatic carbocycles. The van der Waals surface area contributed by atoms with Crippen LogP contribution in [0.3, 0.4) is 0 Å². The number of carbonyl (C=O) groups excluding carboxylic acids is 3. The minimum absolute atomic E-state index is 0.169. The molecule has 7 heteroatoms. The molecule has 0 aromatic heterocycles. The molecule has 0 unspecified atom stereocenters. The van der Waals surface area contributed by atoms with E-state index in [1.807, 2.05) is 0 Å². The van der Waals surface area contributed by atoms with E-state index in [2.05, 4.69) is 21.2 Å². The summed E-state index contributed by atoms with van der Waals surface area (Å²) in [7, 11) is 0. The molecule has 1 atom stereocenters. The lowest BCUT2D eigenvalue weighted by Crippen LogP contribution is -2.24. The number of benzene rings is 2. The third-order valence-electron chi connectivity index (χ3n) is 3.65. The smallest absolute Gasteiger partial charge is 0.347 e. The molecule has 2 aromatic carbocycles. The van der Waals surface area contributed by atoms with E-state index >= 15 is 0 Å². The number of nitrogens with one attached hydrogen (secondary N) is 1. The molecule has 128 valence electrons. The molecule has 1 N–H and O–H groups in total. The Kier molecular flexibility index (Phi) is 5.14. The van der Waals surface area contributed by atoms with Crippen LogP contribution in [-0.2, 0) is 14.3 Å². The highest BCUT2D eigenvalue weighted by Gasteiger charge is 2.31. The van der Waals surface area contributed by atoms with E-state index in [1.54, 1.807) is 42.5 Å². The van der Waals surface area contributed by atoms with Crippen molar-refractivity contribution >= 4 is 39.5 Å². The number of rotatable bonds is 4. The number of carbonyl (C=O) groups is 3. The second-order valence-corrected chi connectivity index (χ2v) is 6.18. The fourth-order valence-corrected chi connectivity index (χ4v) is 2.85. The van der Waals surface area contributed by atoms with Gasteiger partial charge in [-0.2, -0.15) is 0 Å². The molecule has 6 nitrogen and oxygen atoms in total. The van der Waals surface area contributed by atoms with Crippen LogP contribution < -0.4 is 5.32 Å². The average molecular weight is 404 g/mol. The Bertz CT molecular complexity index is 836. The topological polar surface area (TPSA) is 81.7 Å². The average Bonchev–Trinajstić information content (AvgIpc) is 3.00. The molecule has 2 aromatic rings. The van der Waals surface area contributed by atoms with Crippen LogP contribution in [0, 0.1) is 0 Å². The minimum Gasteiger partial charge on any atom is -0.463 e. The summed E-state index contributed by atoms with van der Waals surface area (Å²) in [6, 6.07) is 13.4. The maximum atomic E-state index is 12.4. The molecule has 0 bridgehead atoms. The maximum absolute atomic E-state index is 12.4. The van der Waals surface area contributed by atoms with Crippen LogP contribution >= 0.6 is 15.9 Å². The Morgan fingerprint density at radius 3 is 2.44 bits per heavy atom. The van der Waals surface area contributed by atoms with Gasteiger partial charge in [0.2, 0.25) is 6.10 Å². The van der Waals surface area contributed by atoms with Gasteiger partial charge < -0.3 is 14.8 Å². The molecule has 1 aliphatic heterocycles. The summed E-state index contributed by atoms with van der Waals surface area (Å²) < 4.78 is 10.6. The van der Waals surface area contributed by atoms with Crippen LogP contribution in [0.15, 0.2) is 53.0 Å². The van der Waals surface area contributed by atoms with Gasteiger partial charge in [-0.25, -0.2) is 9.59 Å². The SMILES string of the molecule is O=C(Nc1ccccc1C(=O)O[C@H]1CCOC1=O)c1ccccc1Br. The van der Waals surface area contributed by atoms with Gasteiger partial charge in [0.25, 0.3) is 5.91 Å². The lowest BCUT2D eigenvalue weighted by molar-refractivity contribution is -0.145. The Balaban J connectivity index is 1.79. The molecular formula is C18H14BrNO5. The predicted molar refractivity (Wildman–Crippen MR) is 93.3 cm³/mol. The summed E-state index contributed by atoms with van der Waals surface area (Å²) in [6.45, 7) is 0.233. The van der Waals surface area contributed by atoms with Gasteiger partial charge in [-0.05, 0) is 40.2 Å². The molecular weight excluding hydrogens is 390 g/mol. The van der Waals surface area contributed by atoms with Gasteiger partial charge in [0.05, 0.1) is 23.4 Å². The van der Waals surface area contributed by atoms with Gasteiger partial charge >= 0.3 is 11.9 Å². The first-order valence-corrected chi connectivity index (χ1v) is 8.38. The Morgan fingerprint density at radius 2 is 1.76 bits per heavy atom. The lowest BCUT2D eigenvalue weighted by Gasteiger charge is -2.13. The second-order valence-electron chi connectivity index (χ2n) is 5.33. The number of ether oxygens (including phenoxy) is 2. The Hall–Kier alpha value is -2.67. The zero-order chi connectivity index (χ0) is 17.8. The van der Waals surface area contributed by atoms with Crippen molar-refractivity contribution in [1.29, 1.82) is 0 Å². The van der Waals surface area contributed by atoms with Crippen molar-refractivity contribution < 1.29 is 23.9 Å². The van der Waals surface area contributed by atoms with Crippen LogP contribution in [0.5, 0.6) is 0 Å². The van der Waals surface area contributed by atoms with Gasteiger partial charge in [0, 0.05) is 10.9 Å². The van der Waals surface area contributed by atoms with Gasteiger partial charge in [0.1, 0.15) is 0 Å². The quantitative estimate of drug-likeness (QED) is 0.792. The van der Waals surface area contributed by atoms with Crippen LogP contribution in [0.1, 0.15) is 27.1 Å². The molecule has 1 aliphatic rings. The monoisotopic (exact) mass is 403 g/mol. The van der Waals surface area contributed by atoms with E-state index in [9.17, 15) is 14.4 Å². The first-order chi connectivity index (χ1) is 12.1. The first kappa shape index (κ1) is 17.2. The molecule has 0 radical (unpaired) electrons. The maximum Gasteiger partial charge on any atom is 0.347 e. The molecule has 3 rings (SSSR count). The van der Waals surface area contributed by atoms with Crippen molar-refractivity contribution in [2.24, 2.45) is 0 Å². The summed E-state index contributed by atoms with van der Waals surface area (Å²) in [5, 5.41) is 2.70. The number of esters is 2. The van der Waals surface area contributed by atoms with Crippen molar-refractivity contribution in [3.63, 3.8) is 0 Å². The molecule has 1 heterocycles. The van der Waals surface area contributed by atoms with E-state index in [-0.39, 0.29) is 18.1 Å². The van der Waals surface area contributed by atoms with E-state index in [0.717, 1.165) is 0 Å². The number of cyclic esters (lactones) is 1. The number of para-hydroxylation sites is 1. The summed E-state index contributed by atoms with van der Waals surface area (Å²) in [5.41, 5.74) is 0.910. The van der Waals surface area contributed by atoms with Crippen molar-refractivity contribution in [2.45, 2.75) is 12.5 Å². The minimum atomic E-state index is -0.903. The Morgan fingerprint density at radius 1 is 1.08 bits per heavy atom. The summed E-state index contributed by atoms with van der Waals surface area (Å²) in [5.74, 6) is -1.61. The highest BCUT2D eigenvalue weighted by molar-refractivity contribution is 9.10. The van der Waals surface area contributed by atoms with Crippen molar-refractivity contribution in [2.75, 3.05) is 11.9 Å². The number of halogens is 1.